The molecule has 0 aliphatic rings. The lowest BCUT2D eigenvalue weighted by atomic mass is 10.2. The highest BCUT2D eigenvalue weighted by atomic mass is 32.1. The normalized spacial score (nSPS) is 10.9. The van der Waals surface area contributed by atoms with Gasteiger partial charge in [0.1, 0.15) is 0 Å². The number of para-hydroxylation sites is 1. The summed E-state index contributed by atoms with van der Waals surface area (Å²) in [4.78, 5) is 16.5. The van der Waals surface area contributed by atoms with Gasteiger partial charge in [-0.1, -0.05) is 42.5 Å². The van der Waals surface area contributed by atoms with E-state index in [1.54, 1.807) is 11.3 Å². The largest absolute Gasteiger partial charge is 0.377 e. The van der Waals surface area contributed by atoms with E-state index in [-0.39, 0.29) is 5.91 Å². The third kappa shape index (κ3) is 5.66. The first-order valence-electron chi connectivity index (χ1n) is 8.54. The molecule has 0 fully saturated rings. The first-order chi connectivity index (χ1) is 12.3. The van der Waals surface area contributed by atoms with Crippen molar-refractivity contribution < 1.29 is 9.53 Å². The maximum Gasteiger partial charge on any atom is 0.220 e. The van der Waals surface area contributed by atoms with E-state index in [1.807, 2.05) is 48.5 Å². The fourth-order valence-corrected chi connectivity index (χ4v) is 3.47. The summed E-state index contributed by atoms with van der Waals surface area (Å²) < 4.78 is 6.78. The molecule has 1 aromatic heterocycles. The van der Waals surface area contributed by atoms with Crippen LogP contribution < -0.4 is 5.32 Å². The van der Waals surface area contributed by atoms with Crippen molar-refractivity contribution in [3.8, 4) is 0 Å². The van der Waals surface area contributed by atoms with Gasteiger partial charge < -0.3 is 10.1 Å². The van der Waals surface area contributed by atoms with E-state index >= 15 is 0 Å². The lowest BCUT2D eigenvalue weighted by Gasteiger charge is -2.06. The molecule has 5 heteroatoms. The van der Waals surface area contributed by atoms with Crippen LogP contribution in [-0.4, -0.2) is 24.0 Å². The molecule has 0 unspecified atom stereocenters. The highest BCUT2D eigenvalue weighted by Gasteiger charge is 2.06. The fourth-order valence-electron chi connectivity index (χ4n) is 2.50. The molecule has 0 bridgehead atoms. The number of carbonyl (C=O) groups is 1. The van der Waals surface area contributed by atoms with Gasteiger partial charge in [0.2, 0.25) is 5.91 Å². The zero-order valence-corrected chi connectivity index (χ0v) is 14.9. The van der Waals surface area contributed by atoms with E-state index in [0.717, 1.165) is 16.9 Å². The fraction of sp³-hybridized carbons (Fsp3) is 0.300. The zero-order valence-electron chi connectivity index (χ0n) is 14.1. The van der Waals surface area contributed by atoms with E-state index in [2.05, 4.69) is 16.4 Å². The van der Waals surface area contributed by atoms with Crippen LogP contribution in [0, 0.1) is 0 Å². The first kappa shape index (κ1) is 17.6. The maximum absolute atomic E-state index is 11.9. The first-order valence-corrected chi connectivity index (χ1v) is 9.36. The van der Waals surface area contributed by atoms with Gasteiger partial charge in [-0.2, -0.15) is 0 Å². The quantitative estimate of drug-likeness (QED) is 0.592. The van der Waals surface area contributed by atoms with Crippen LogP contribution in [0.1, 0.15) is 23.4 Å². The van der Waals surface area contributed by atoms with E-state index in [4.69, 9.17) is 4.74 Å². The van der Waals surface area contributed by atoms with Gasteiger partial charge in [-0.15, -0.1) is 11.3 Å². The number of nitrogens with one attached hydrogen (secondary N) is 1. The predicted octanol–water partition coefficient (Wildman–Crippen LogP) is 3.95. The number of aryl methyl sites for hydroxylation is 1. The van der Waals surface area contributed by atoms with E-state index in [0.29, 0.717) is 32.6 Å². The highest BCUT2D eigenvalue weighted by Crippen LogP contribution is 2.22. The molecule has 130 valence electrons. The number of thiazole rings is 1. The smallest absolute Gasteiger partial charge is 0.220 e. The predicted molar refractivity (Wildman–Crippen MR) is 102 cm³/mol. The van der Waals surface area contributed by atoms with Crippen molar-refractivity contribution in [3.05, 3.63) is 65.2 Å². The molecular weight excluding hydrogens is 332 g/mol. The summed E-state index contributed by atoms with van der Waals surface area (Å²) in [6.07, 6.45) is 1.99. The minimum atomic E-state index is 0.0716. The second kappa shape index (κ2) is 9.30. The van der Waals surface area contributed by atoms with E-state index < -0.39 is 0 Å². The number of ether oxygens (including phenoxy) is 1. The molecule has 0 radical (unpaired) electrons. The standard InChI is InChI=1S/C20H22N2O2S/c23-19(11-12-20-22-17-9-4-5-10-18(17)25-20)21-13-6-14-24-15-16-7-2-1-3-8-16/h1-5,7-10H,6,11-15H2,(H,21,23). The average molecular weight is 354 g/mol. The highest BCUT2D eigenvalue weighted by molar-refractivity contribution is 7.18. The Morgan fingerprint density at radius 2 is 1.88 bits per heavy atom. The summed E-state index contributed by atoms with van der Waals surface area (Å²) in [5.41, 5.74) is 2.18. The monoisotopic (exact) mass is 354 g/mol. The number of rotatable bonds is 9. The Bertz CT molecular complexity index is 769. The summed E-state index contributed by atoms with van der Waals surface area (Å²) >= 11 is 1.66. The summed E-state index contributed by atoms with van der Waals surface area (Å²) in [6, 6.07) is 18.2. The lowest BCUT2D eigenvalue weighted by molar-refractivity contribution is -0.121. The molecule has 3 aromatic rings. The molecule has 0 saturated heterocycles. The molecule has 4 nitrogen and oxygen atoms in total. The number of amides is 1. The van der Waals surface area contributed by atoms with Crippen LogP contribution >= 0.6 is 11.3 Å². The summed E-state index contributed by atoms with van der Waals surface area (Å²) in [5, 5.41) is 3.96. The van der Waals surface area contributed by atoms with Crippen LogP contribution in [0.2, 0.25) is 0 Å². The SMILES string of the molecule is O=C(CCc1nc2ccccc2s1)NCCCOCc1ccccc1. The molecule has 0 aliphatic heterocycles. The number of hydrogen-bond donors (Lipinski definition) is 1. The third-order valence-electron chi connectivity index (χ3n) is 3.80. The van der Waals surface area contributed by atoms with Crippen molar-refractivity contribution in [1.82, 2.24) is 10.3 Å². The topological polar surface area (TPSA) is 51.2 Å². The molecule has 2 aromatic carbocycles. The Kier molecular flexibility index (Phi) is 6.54. The second-order valence-electron chi connectivity index (χ2n) is 5.82. The van der Waals surface area contributed by atoms with Crippen molar-refractivity contribution in [2.75, 3.05) is 13.2 Å². The van der Waals surface area contributed by atoms with Crippen molar-refractivity contribution in [3.63, 3.8) is 0 Å². The third-order valence-corrected chi connectivity index (χ3v) is 4.90. The Labute approximate surface area is 151 Å². The molecule has 3 rings (SSSR count). The minimum absolute atomic E-state index is 0.0716. The molecule has 1 N–H and O–H groups in total. The van der Waals surface area contributed by atoms with Crippen LogP contribution in [0.25, 0.3) is 10.2 Å². The van der Waals surface area contributed by atoms with Gasteiger partial charge in [0.25, 0.3) is 0 Å². The summed E-state index contributed by atoms with van der Waals surface area (Å²) in [7, 11) is 0. The van der Waals surface area contributed by atoms with Crippen molar-refractivity contribution in [1.29, 1.82) is 0 Å². The maximum atomic E-state index is 11.9. The van der Waals surface area contributed by atoms with Crippen LogP contribution in [0.4, 0.5) is 0 Å². The number of carbonyl (C=O) groups excluding carboxylic acids is 1. The Morgan fingerprint density at radius 3 is 2.72 bits per heavy atom. The number of hydrogen-bond acceptors (Lipinski definition) is 4. The molecule has 0 aliphatic carbocycles. The molecule has 0 spiro atoms. The Morgan fingerprint density at radius 1 is 1.08 bits per heavy atom. The molecular formula is C20H22N2O2S. The summed E-state index contributed by atoms with van der Waals surface area (Å²) in [6.45, 7) is 1.91. The van der Waals surface area contributed by atoms with Gasteiger partial charge in [0.15, 0.2) is 0 Å². The van der Waals surface area contributed by atoms with Gasteiger partial charge in [-0.05, 0) is 24.1 Å². The van der Waals surface area contributed by atoms with Crippen molar-refractivity contribution >= 4 is 27.5 Å². The van der Waals surface area contributed by atoms with Gasteiger partial charge in [0.05, 0.1) is 21.8 Å². The van der Waals surface area contributed by atoms with Gasteiger partial charge >= 0.3 is 0 Å². The zero-order chi connectivity index (χ0) is 17.3. The van der Waals surface area contributed by atoms with Crippen molar-refractivity contribution in [2.24, 2.45) is 0 Å². The van der Waals surface area contributed by atoms with Crippen LogP contribution in [0.3, 0.4) is 0 Å². The summed E-state index contributed by atoms with van der Waals surface area (Å²) in [5.74, 6) is 0.0716. The Balaban J connectivity index is 1.28. The number of aromatic nitrogens is 1. The van der Waals surface area contributed by atoms with Gasteiger partial charge in [-0.3, -0.25) is 4.79 Å². The molecule has 1 heterocycles. The molecule has 0 saturated carbocycles. The van der Waals surface area contributed by atoms with Gasteiger partial charge in [0, 0.05) is 26.0 Å². The van der Waals surface area contributed by atoms with E-state index in [9.17, 15) is 4.79 Å². The molecule has 1 amide bonds. The lowest BCUT2D eigenvalue weighted by Crippen LogP contribution is -2.25. The van der Waals surface area contributed by atoms with Crippen LogP contribution in [0.15, 0.2) is 54.6 Å². The molecule has 25 heavy (non-hydrogen) atoms. The minimum Gasteiger partial charge on any atom is -0.377 e. The number of benzene rings is 2. The van der Waals surface area contributed by atoms with Crippen LogP contribution in [0.5, 0.6) is 0 Å². The van der Waals surface area contributed by atoms with Gasteiger partial charge in [-0.25, -0.2) is 4.98 Å². The number of fused-ring (bicyclic) bond motifs is 1. The van der Waals surface area contributed by atoms with E-state index in [1.165, 1.54) is 10.3 Å². The van der Waals surface area contributed by atoms with Crippen molar-refractivity contribution in [2.45, 2.75) is 25.9 Å². The average Bonchev–Trinajstić information content (AvgIpc) is 3.07. The number of nitrogens with zero attached hydrogens (tertiary/aromatic N) is 1. The Hall–Kier alpha value is -2.24. The second-order valence-corrected chi connectivity index (χ2v) is 6.93. The van der Waals surface area contributed by atoms with Crippen LogP contribution in [-0.2, 0) is 22.6 Å². The molecule has 0 atom stereocenters.